The van der Waals surface area contributed by atoms with Crippen molar-refractivity contribution in [3.05, 3.63) is 95.5 Å². The molecule has 12 heteroatoms. The smallest absolute Gasteiger partial charge is 0.274 e. The summed E-state index contributed by atoms with van der Waals surface area (Å²) in [7, 11) is 0. The zero-order valence-corrected chi connectivity index (χ0v) is 21.9. The van der Waals surface area contributed by atoms with Crippen LogP contribution in [0.4, 0.5) is 23.2 Å². The van der Waals surface area contributed by atoms with Crippen molar-refractivity contribution in [1.82, 2.24) is 25.0 Å². The van der Waals surface area contributed by atoms with Gasteiger partial charge < -0.3 is 15.1 Å². The normalized spacial score (nSPS) is 16.4. The molecule has 2 aliphatic heterocycles. The molecule has 8 nitrogen and oxygen atoms in total. The Labute approximate surface area is 232 Å². The Hall–Kier alpha value is -4.74. The first kappa shape index (κ1) is 26.5. The molecule has 2 amide bonds. The molecule has 0 aliphatic carbocycles. The fraction of sp³-hybridized carbons (Fsp3) is 0.241. The maximum absolute atomic E-state index is 14.2. The molecule has 1 N–H and O–H groups in total. The highest BCUT2D eigenvalue weighted by Crippen LogP contribution is 2.37. The number of aromatic nitrogens is 3. The van der Waals surface area contributed by atoms with E-state index < -0.39 is 28.9 Å². The second-order valence-corrected chi connectivity index (χ2v) is 10.1. The van der Waals surface area contributed by atoms with Crippen molar-refractivity contribution in [3.8, 4) is 16.9 Å². The SMILES string of the molecule is Cc1c(C(=O)N2CCC3(CC2)C(=O)NCN3c2ccc(F)cc2)nn(-c2cc(F)c(F)c(F)c2)c1-c1cccnc1. The number of pyridine rings is 1. The summed E-state index contributed by atoms with van der Waals surface area (Å²) in [6.07, 6.45) is 3.73. The molecule has 4 heterocycles. The van der Waals surface area contributed by atoms with E-state index in [1.165, 1.54) is 23.0 Å². The number of nitrogens with zero attached hydrogens (tertiary/aromatic N) is 5. The maximum Gasteiger partial charge on any atom is 0.274 e. The fourth-order valence-corrected chi connectivity index (χ4v) is 5.67. The largest absolute Gasteiger partial charge is 0.339 e. The standard InChI is InChI=1S/C29H24F4N6O2/c1-17-25(36-39(26(17)18-3-2-10-34-15-18)21-13-22(31)24(33)23(32)14-21)27(40)37-11-8-29(9-12-37)28(41)35-16-38(29)20-6-4-19(30)5-7-20/h2-7,10,13-15H,8-9,11-12,16H2,1H3,(H,35,41). The van der Waals surface area contributed by atoms with Crippen molar-refractivity contribution in [1.29, 1.82) is 0 Å². The third kappa shape index (κ3) is 4.39. The summed E-state index contributed by atoms with van der Waals surface area (Å²) in [5.41, 5.74) is 1.11. The second kappa shape index (κ2) is 10.0. The maximum atomic E-state index is 14.2. The van der Waals surface area contributed by atoms with Gasteiger partial charge in [0.2, 0.25) is 5.91 Å². The third-order valence-corrected chi connectivity index (χ3v) is 7.83. The Morgan fingerprint density at radius 3 is 2.29 bits per heavy atom. The van der Waals surface area contributed by atoms with Crippen molar-refractivity contribution in [2.75, 3.05) is 24.7 Å². The molecule has 2 aromatic carbocycles. The molecule has 0 atom stereocenters. The molecule has 6 rings (SSSR count). The molecule has 2 saturated heterocycles. The molecule has 2 aromatic heterocycles. The number of likely N-dealkylation sites (tertiary alicyclic amines) is 1. The number of hydrogen-bond acceptors (Lipinski definition) is 5. The Bertz CT molecular complexity index is 1630. The molecule has 210 valence electrons. The van der Waals surface area contributed by atoms with Crippen molar-refractivity contribution in [2.24, 2.45) is 0 Å². The van der Waals surface area contributed by atoms with Crippen molar-refractivity contribution >= 4 is 17.5 Å². The van der Waals surface area contributed by atoms with E-state index in [0.717, 1.165) is 12.1 Å². The average Bonchev–Trinajstić information content (AvgIpc) is 3.49. The zero-order chi connectivity index (χ0) is 28.9. The van der Waals surface area contributed by atoms with Crippen LogP contribution < -0.4 is 10.2 Å². The van der Waals surface area contributed by atoms with Gasteiger partial charge in [0.15, 0.2) is 23.1 Å². The second-order valence-electron chi connectivity index (χ2n) is 10.1. The number of benzene rings is 2. The van der Waals surface area contributed by atoms with E-state index >= 15 is 0 Å². The van der Waals surface area contributed by atoms with Crippen LogP contribution in [-0.4, -0.2) is 56.8 Å². The van der Waals surface area contributed by atoms with Gasteiger partial charge >= 0.3 is 0 Å². The minimum absolute atomic E-state index is 0.0520. The van der Waals surface area contributed by atoms with Gasteiger partial charge in [0, 0.05) is 54.4 Å². The van der Waals surface area contributed by atoms with Gasteiger partial charge in [0.05, 0.1) is 18.1 Å². The van der Waals surface area contributed by atoms with Gasteiger partial charge in [-0.2, -0.15) is 5.10 Å². The Morgan fingerprint density at radius 1 is 0.976 bits per heavy atom. The van der Waals surface area contributed by atoms with Crippen molar-refractivity contribution in [2.45, 2.75) is 25.3 Å². The molecule has 2 fully saturated rings. The highest BCUT2D eigenvalue weighted by Gasteiger charge is 2.51. The van der Waals surface area contributed by atoms with Gasteiger partial charge in [-0.3, -0.25) is 14.6 Å². The van der Waals surface area contributed by atoms with E-state index in [0.29, 0.717) is 35.3 Å². The zero-order valence-electron chi connectivity index (χ0n) is 21.9. The summed E-state index contributed by atoms with van der Waals surface area (Å²) in [6, 6.07) is 10.9. The number of rotatable bonds is 4. The van der Waals surface area contributed by atoms with E-state index in [1.807, 2.05) is 4.90 Å². The number of piperidine rings is 1. The quantitative estimate of drug-likeness (QED) is 0.294. The van der Waals surface area contributed by atoms with E-state index in [4.69, 9.17) is 0 Å². The van der Waals surface area contributed by atoms with Gasteiger partial charge in [-0.25, -0.2) is 22.2 Å². The molecule has 0 saturated carbocycles. The fourth-order valence-electron chi connectivity index (χ4n) is 5.67. The van der Waals surface area contributed by atoms with Crippen LogP contribution in [0, 0.1) is 30.2 Å². The molecule has 4 aromatic rings. The van der Waals surface area contributed by atoms with Crippen LogP contribution in [0.25, 0.3) is 16.9 Å². The van der Waals surface area contributed by atoms with Crippen LogP contribution in [0.2, 0.25) is 0 Å². The van der Waals surface area contributed by atoms with Gasteiger partial charge in [0.25, 0.3) is 5.91 Å². The predicted molar refractivity (Wildman–Crippen MR) is 141 cm³/mol. The lowest BCUT2D eigenvalue weighted by Gasteiger charge is -2.43. The van der Waals surface area contributed by atoms with Gasteiger partial charge in [-0.15, -0.1) is 0 Å². The van der Waals surface area contributed by atoms with Gasteiger partial charge in [-0.1, -0.05) is 0 Å². The Morgan fingerprint density at radius 2 is 1.66 bits per heavy atom. The molecule has 0 unspecified atom stereocenters. The van der Waals surface area contributed by atoms with E-state index in [9.17, 15) is 27.2 Å². The summed E-state index contributed by atoms with van der Waals surface area (Å²) in [4.78, 5) is 34.4. The van der Waals surface area contributed by atoms with E-state index in [1.54, 1.807) is 42.3 Å². The number of carbonyl (C=O) groups excluding carboxylic acids is 2. The molecule has 0 bridgehead atoms. The van der Waals surface area contributed by atoms with Crippen LogP contribution in [0.1, 0.15) is 28.9 Å². The first-order chi connectivity index (χ1) is 19.7. The van der Waals surface area contributed by atoms with Gasteiger partial charge in [-0.05, 0) is 56.2 Å². The molecular weight excluding hydrogens is 540 g/mol. The summed E-state index contributed by atoms with van der Waals surface area (Å²) in [5, 5.41) is 7.30. The monoisotopic (exact) mass is 564 g/mol. The minimum atomic E-state index is -1.61. The highest BCUT2D eigenvalue weighted by atomic mass is 19.2. The van der Waals surface area contributed by atoms with Crippen LogP contribution in [0.5, 0.6) is 0 Å². The molecule has 41 heavy (non-hydrogen) atoms. The minimum Gasteiger partial charge on any atom is -0.339 e. The van der Waals surface area contributed by atoms with Crippen molar-refractivity contribution in [3.63, 3.8) is 0 Å². The summed E-state index contributed by atoms with van der Waals surface area (Å²) < 4.78 is 56.8. The Balaban J connectivity index is 1.32. The number of amides is 2. The third-order valence-electron chi connectivity index (χ3n) is 7.83. The first-order valence-corrected chi connectivity index (χ1v) is 13.0. The highest BCUT2D eigenvalue weighted by molar-refractivity contribution is 5.97. The molecule has 1 spiro atoms. The summed E-state index contributed by atoms with van der Waals surface area (Å²) in [6.45, 7) is 2.40. The number of halogens is 4. The number of nitrogens with one attached hydrogen (secondary N) is 1. The predicted octanol–water partition coefficient (Wildman–Crippen LogP) is 4.37. The van der Waals surface area contributed by atoms with Crippen LogP contribution in [-0.2, 0) is 4.79 Å². The van der Waals surface area contributed by atoms with Crippen LogP contribution in [0.15, 0.2) is 60.9 Å². The lowest BCUT2D eigenvalue weighted by molar-refractivity contribution is -0.124. The lowest BCUT2D eigenvalue weighted by Crippen LogP contribution is -2.57. The van der Waals surface area contributed by atoms with Gasteiger partial charge in [0.1, 0.15) is 11.4 Å². The van der Waals surface area contributed by atoms with Crippen LogP contribution >= 0.6 is 0 Å². The molecule has 2 aliphatic rings. The number of hydrogen-bond donors (Lipinski definition) is 1. The lowest BCUT2D eigenvalue weighted by atomic mass is 9.85. The number of carbonyl (C=O) groups is 2. The summed E-state index contributed by atoms with van der Waals surface area (Å²) >= 11 is 0. The van der Waals surface area contributed by atoms with E-state index in [2.05, 4.69) is 15.4 Å². The van der Waals surface area contributed by atoms with E-state index in [-0.39, 0.29) is 42.9 Å². The Kier molecular flexibility index (Phi) is 6.47. The molecule has 0 radical (unpaired) electrons. The summed E-state index contributed by atoms with van der Waals surface area (Å²) in [5.74, 6) is -5.34. The topological polar surface area (TPSA) is 83.4 Å². The number of anilines is 1. The average molecular weight is 565 g/mol. The van der Waals surface area contributed by atoms with Crippen LogP contribution in [0.3, 0.4) is 0 Å². The van der Waals surface area contributed by atoms with Crippen molar-refractivity contribution < 1.29 is 27.2 Å². The first-order valence-electron chi connectivity index (χ1n) is 13.0. The molecular formula is C29H24F4N6O2.